The molecular formula is C9H11N5. The Balaban J connectivity index is 3.47. The van der Waals surface area contributed by atoms with Crippen molar-refractivity contribution >= 4 is 5.82 Å². The van der Waals surface area contributed by atoms with E-state index in [1.54, 1.807) is 0 Å². The van der Waals surface area contributed by atoms with Crippen molar-refractivity contribution in [3.05, 3.63) is 11.3 Å². The Morgan fingerprint density at radius 1 is 1.29 bits per heavy atom. The lowest BCUT2D eigenvalue weighted by Gasteiger charge is -2.20. The standard InChI is InChI=1S/C9H11N5/c1-9(2,3)14-8(12)6(4-10)7(5-11)13-14/h12H2,1-3H3. The molecule has 0 aromatic carbocycles. The number of hydrogen-bond donors (Lipinski definition) is 1. The molecule has 0 bridgehead atoms. The van der Waals surface area contributed by atoms with Crippen LogP contribution < -0.4 is 5.73 Å². The molecule has 0 spiro atoms. The summed E-state index contributed by atoms with van der Waals surface area (Å²) >= 11 is 0. The number of rotatable bonds is 0. The van der Waals surface area contributed by atoms with E-state index in [9.17, 15) is 0 Å². The minimum Gasteiger partial charge on any atom is -0.383 e. The minimum atomic E-state index is -0.329. The number of nitrogens with zero attached hydrogens (tertiary/aromatic N) is 4. The summed E-state index contributed by atoms with van der Waals surface area (Å²) in [6.45, 7) is 5.70. The van der Waals surface area contributed by atoms with Gasteiger partial charge in [0.2, 0.25) is 0 Å². The van der Waals surface area contributed by atoms with Crippen molar-refractivity contribution in [1.82, 2.24) is 9.78 Å². The summed E-state index contributed by atoms with van der Waals surface area (Å²) in [5.41, 5.74) is 5.61. The first-order chi connectivity index (χ1) is 6.41. The summed E-state index contributed by atoms with van der Waals surface area (Å²) in [6, 6.07) is 3.72. The van der Waals surface area contributed by atoms with Gasteiger partial charge in [0.15, 0.2) is 5.69 Å². The fourth-order valence-corrected chi connectivity index (χ4v) is 1.13. The van der Waals surface area contributed by atoms with Crippen molar-refractivity contribution in [3.8, 4) is 12.1 Å². The van der Waals surface area contributed by atoms with Gasteiger partial charge in [0, 0.05) is 0 Å². The molecular weight excluding hydrogens is 178 g/mol. The highest BCUT2D eigenvalue weighted by atomic mass is 15.3. The minimum absolute atomic E-state index is 0.0833. The van der Waals surface area contributed by atoms with Gasteiger partial charge in [0.1, 0.15) is 23.5 Å². The van der Waals surface area contributed by atoms with Crippen LogP contribution in [0.15, 0.2) is 0 Å². The van der Waals surface area contributed by atoms with Crippen molar-refractivity contribution in [2.75, 3.05) is 5.73 Å². The van der Waals surface area contributed by atoms with E-state index in [0.29, 0.717) is 0 Å². The number of nitrogens with two attached hydrogens (primary N) is 1. The molecule has 2 N–H and O–H groups in total. The van der Waals surface area contributed by atoms with Gasteiger partial charge in [-0.15, -0.1) is 0 Å². The summed E-state index contributed by atoms with van der Waals surface area (Å²) in [7, 11) is 0. The van der Waals surface area contributed by atoms with Crippen LogP contribution in [0.5, 0.6) is 0 Å². The number of hydrogen-bond acceptors (Lipinski definition) is 4. The van der Waals surface area contributed by atoms with Gasteiger partial charge in [-0.25, -0.2) is 4.68 Å². The Kier molecular flexibility index (Phi) is 2.19. The average Bonchev–Trinajstić information content (AvgIpc) is 2.40. The smallest absolute Gasteiger partial charge is 0.182 e. The zero-order valence-electron chi connectivity index (χ0n) is 8.37. The van der Waals surface area contributed by atoms with Crippen molar-refractivity contribution in [2.24, 2.45) is 0 Å². The first-order valence-electron chi connectivity index (χ1n) is 4.11. The number of aromatic nitrogens is 2. The van der Waals surface area contributed by atoms with Gasteiger partial charge in [-0.2, -0.15) is 15.6 Å². The van der Waals surface area contributed by atoms with E-state index in [4.69, 9.17) is 16.3 Å². The second kappa shape index (κ2) is 3.04. The maximum Gasteiger partial charge on any atom is 0.182 e. The zero-order chi connectivity index (χ0) is 10.9. The Labute approximate surface area is 82.4 Å². The lowest BCUT2D eigenvalue weighted by molar-refractivity contribution is 0.361. The lowest BCUT2D eigenvalue weighted by atomic mass is 10.1. The quantitative estimate of drug-likeness (QED) is 0.658. The Morgan fingerprint density at radius 3 is 2.14 bits per heavy atom. The van der Waals surface area contributed by atoms with Crippen LogP contribution in [-0.2, 0) is 5.54 Å². The van der Waals surface area contributed by atoms with Crippen LogP contribution in [0, 0.1) is 22.7 Å². The molecule has 5 nitrogen and oxygen atoms in total. The van der Waals surface area contributed by atoms with Gasteiger partial charge in [0.05, 0.1) is 5.54 Å². The Hall–Kier alpha value is -2.01. The SMILES string of the molecule is CC(C)(C)n1nc(C#N)c(C#N)c1N. The van der Waals surface area contributed by atoms with E-state index in [1.165, 1.54) is 4.68 Å². The van der Waals surface area contributed by atoms with Crippen LogP contribution in [0.4, 0.5) is 5.82 Å². The second-order valence-corrected chi connectivity index (χ2v) is 3.92. The van der Waals surface area contributed by atoms with Crippen molar-refractivity contribution in [2.45, 2.75) is 26.3 Å². The average molecular weight is 189 g/mol. The molecule has 1 heterocycles. The molecule has 0 aliphatic rings. The number of nitriles is 2. The number of nitrogen functional groups attached to an aromatic ring is 1. The fourth-order valence-electron chi connectivity index (χ4n) is 1.13. The van der Waals surface area contributed by atoms with Gasteiger partial charge in [-0.05, 0) is 20.8 Å². The molecule has 0 unspecified atom stereocenters. The fraction of sp³-hybridized carbons (Fsp3) is 0.444. The van der Waals surface area contributed by atoms with E-state index in [1.807, 2.05) is 32.9 Å². The van der Waals surface area contributed by atoms with Crippen LogP contribution in [-0.4, -0.2) is 9.78 Å². The number of anilines is 1. The molecule has 0 radical (unpaired) electrons. The van der Waals surface area contributed by atoms with Gasteiger partial charge >= 0.3 is 0 Å². The van der Waals surface area contributed by atoms with Crippen molar-refractivity contribution in [3.63, 3.8) is 0 Å². The van der Waals surface area contributed by atoms with E-state index in [-0.39, 0.29) is 22.6 Å². The van der Waals surface area contributed by atoms with Gasteiger partial charge < -0.3 is 5.73 Å². The van der Waals surface area contributed by atoms with E-state index >= 15 is 0 Å². The van der Waals surface area contributed by atoms with E-state index in [2.05, 4.69) is 5.10 Å². The molecule has 0 aliphatic heterocycles. The highest BCUT2D eigenvalue weighted by Crippen LogP contribution is 2.22. The first kappa shape index (κ1) is 10.1. The molecule has 1 aromatic rings. The lowest BCUT2D eigenvalue weighted by Crippen LogP contribution is -2.24. The summed E-state index contributed by atoms with van der Waals surface area (Å²) in [4.78, 5) is 0. The zero-order valence-corrected chi connectivity index (χ0v) is 8.37. The molecule has 5 heteroatoms. The van der Waals surface area contributed by atoms with Gasteiger partial charge in [-0.3, -0.25) is 0 Å². The summed E-state index contributed by atoms with van der Waals surface area (Å²) in [6.07, 6.45) is 0. The molecule has 0 atom stereocenters. The predicted octanol–water partition coefficient (Wildman–Crippen LogP) is 0.964. The highest BCUT2D eigenvalue weighted by Gasteiger charge is 2.22. The van der Waals surface area contributed by atoms with E-state index in [0.717, 1.165) is 0 Å². The van der Waals surface area contributed by atoms with Crippen LogP contribution in [0.1, 0.15) is 32.0 Å². The normalized spacial score (nSPS) is 10.6. The molecule has 1 rings (SSSR count). The maximum atomic E-state index is 8.77. The molecule has 0 amide bonds. The predicted molar refractivity (Wildman–Crippen MR) is 51.1 cm³/mol. The van der Waals surface area contributed by atoms with Gasteiger partial charge in [0.25, 0.3) is 0 Å². The molecule has 14 heavy (non-hydrogen) atoms. The summed E-state index contributed by atoms with van der Waals surface area (Å²) < 4.78 is 1.49. The maximum absolute atomic E-state index is 8.77. The first-order valence-corrected chi connectivity index (χ1v) is 4.11. The molecule has 72 valence electrons. The molecule has 0 saturated carbocycles. The third-order valence-corrected chi connectivity index (χ3v) is 1.77. The van der Waals surface area contributed by atoms with Gasteiger partial charge in [-0.1, -0.05) is 0 Å². The third-order valence-electron chi connectivity index (χ3n) is 1.77. The van der Waals surface area contributed by atoms with Crippen LogP contribution in [0.2, 0.25) is 0 Å². The third kappa shape index (κ3) is 1.40. The van der Waals surface area contributed by atoms with Crippen LogP contribution >= 0.6 is 0 Å². The van der Waals surface area contributed by atoms with Crippen molar-refractivity contribution in [1.29, 1.82) is 10.5 Å². The van der Waals surface area contributed by atoms with Crippen LogP contribution in [0.3, 0.4) is 0 Å². The van der Waals surface area contributed by atoms with E-state index < -0.39 is 0 Å². The largest absolute Gasteiger partial charge is 0.383 e. The molecule has 0 saturated heterocycles. The summed E-state index contributed by atoms with van der Waals surface area (Å²) in [5, 5.41) is 21.5. The topological polar surface area (TPSA) is 91.4 Å². The van der Waals surface area contributed by atoms with Crippen molar-refractivity contribution < 1.29 is 0 Å². The van der Waals surface area contributed by atoms with Crippen LogP contribution in [0.25, 0.3) is 0 Å². The Bertz CT molecular complexity index is 435. The molecule has 0 aliphatic carbocycles. The highest BCUT2D eigenvalue weighted by molar-refractivity contribution is 5.56. The Morgan fingerprint density at radius 2 is 1.86 bits per heavy atom. The molecule has 0 fully saturated rings. The molecule has 1 aromatic heterocycles. The summed E-state index contributed by atoms with van der Waals surface area (Å²) in [5.74, 6) is 0.247. The monoisotopic (exact) mass is 189 g/mol. The second-order valence-electron chi connectivity index (χ2n) is 3.92.